The zero-order valence-electron chi connectivity index (χ0n) is 16.5. The summed E-state index contributed by atoms with van der Waals surface area (Å²) in [6, 6.07) is 5.73. The second-order valence-corrected chi connectivity index (χ2v) is 7.74. The Hall–Kier alpha value is -2.71. The molecule has 0 spiro atoms. The zero-order chi connectivity index (χ0) is 21.8. The number of amides is 1. The summed E-state index contributed by atoms with van der Waals surface area (Å²) in [5.41, 5.74) is -1.59. The first kappa shape index (κ1) is 22.0. The molecule has 2 fully saturated rings. The lowest BCUT2D eigenvalue weighted by atomic mass is 9.91. The summed E-state index contributed by atoms with van der Waals surface area (Å²) in [5, 5.41) is 12.5. The Labute approximate surface area is 174 Å². The van der Waals surface area contributed by atoms with Crippen molar-refractivity contribution in [2.24, 2.45) is 0 Å². The van der Waals surface area contributed by atoms with Gasteiger partial charge in [0.25, 0.3) is 0 Å². The topological polar surface area (TPSA) is 65.4 Å². The normalized spacial score (nSPS) is 23.4. The van der Waals surface area contributed by atoms with Crippen LogP contribution in [0.4, 0.5) is 13.2 Å². The van der Waals surface area contributed by atoms with Gasteiger partial charge in [0.15, 0.2) is 5.72 Å². The fourth-order valence-electron chi connectivity index (χ4n) is 4.15. The number of alkyl halides is 3. The smallest absolute Gasteiger partial charge is 0.416 e. The fourth-order valence-corrected chi connectivity index (χ4v) is 4.15. The van der Waals surface area contributed by atoms with Gasteiger partial charge in [-0.1, -0.05) is 12.3 Å². The number of nitrogens with zero attached hydrogens (tertiary/aromatic N) is 2. The second-order valence-electron chi connectivity index (χ2n) is 7.74. The van der Waals surface area contributed by atoms with Crippen molar-refractivity contribution in [3.63, 3.8) is 0 Å². The van der Waals surface area contributed by atoms with Crippen LogP contribution in [0.15, 0.2) is 24.3 Å². The van der Waals surface area contributed by atoms with Crippen molar-refractivity contribution >= 4 is 5.91 Å². The summed E-state index contributed by atoms with van der Waals surface area (Å²) in [5.74, 6) is 2.60. The van der Waals surface area contributed by atoms with Gasteiger partial charge in [-0.05, 0) is 49.9 Å². The van der Waals surface area contributed by atoms with E-state index in [0.29, 0.717) is 31.4 Å². The molecule has 1 aliphatic heterocycles. The molecule has 1 heterocycles. The number of terminal acetylenes is 1. The first-order chi connectivity index (χ1) is 14.3. The number of rotatable bonds is 5. The Morgan fingerprint density at radius 2 is 1.83 bits per heavy atom. The molecular formula is C22H24F3N3O2. The highest BCUT2D eigenvalue weighted by Crippen LogP contribution is 2.34. The van der Waals surface area contributed by atoms with E-state index in [1.54, 1.807) is 0 Å². The molecule has 1 saturated carbocycles. The van der Waals surface area contributed by atoms with Gasteiger partial charge >= 0.3 is 6.18 Å². The highest BCUT2D eigenvalue weighted by atomic mass is 19.4. The number of nitriles is 1. The number of likely N-dealkylation sites (tertiary alicyclic amines) is 1. The largest absolute Gasteiger partial charge is 0.473 e. The molecule has 0 bridgehead atoms. The van der Waals surface area contributed by atoms with Gasteiger partial charge in [-0.15, -0.1) is 6.42 Å². The summed E-state index contributed by atoms with van der Waals surface area (Å²) >= 11 is 0. The van der Waals surface area contributed by atoms with E-state index in [0.717, 1.165) is 31.4 Å². The van der Waals surface area contributed by atoms with Crippen molar-refractivity contribution in [3.8, 4) is 24.2 Å². The second kappa shape index (κ2) is 8.97. The fraction of sp³-hybridized carbons (Fsp3) is 0.545. The van der Waals surface area contributed by atoms with E-state index >= 15 is 0 Å². The van der Waals surface area contributed by atoms with Crippen LogP contribution in [-0.2, 0) is 11.0 Å². The maximum absolute atomic E-state index is 12.8. The third-order valence-corrected chi connectivity index (χ3v) is 5.73. The van der Waals surface area contributed by atoms with E-state index in [-0.39, 0.29) is 12.5 Å². The number of benzene rings is 1. The van der Waals surface area contributed by atoms with E-state index in [1.165, 1.54) is 17.0 Å². The summed E-state index contributed by atoms with van der Waals surface area (Å²) in [6.45, 7) is -0.0585. The van der Waals surface area contributed by atoms with Crippen LogP contribution in [-0.4, -0.2) is 35.2 Å². The van der Waals surface area contributed by atoms with Gasteiger partial charge in [0.2, 0.25) is 5.91 Å². The van der Waals surface area contributed by atoms with Crippen molar-refractivity contribution < 1.29 is 22.7 Å². The van der Waals surface area contributed by atoms with Gasteiger partial charge < -0.3 is 9.64 Å². The number of hydrogen-bond acceptors (Lipinski definition) is 4. The summed E-state index contributed by atoms with van der Waals surface area (Å²) < 4.78 is 44.5. The Morgan fingerprint density at radius 3 is 2.40 bits per heavy atom. The molecule has 1 amide bonds. The SMILES string of the molecule is C#C[C@H]1CC[C@@H](C#N)N1C(=O)CNC1(Oc2ccc(C(F)(F)F)cc2)CCCCC1. The standard InChI is InChI=1S/C22H24F3N3O2/c1-2-17-8-9-18(14-26)28(17)20(29)15-27-21(12-4-3-5-13-21)30-19-10-6-16(7-11-19)22(23,24)25/h1,6-7,10-11,17-18,27H,3-5,8-9,12-13,15H2/t17-,18-/m0/s1. The molecule has 0 unspecified atom stereocenters. The average Bonchev–Trinajstić information content (AvgIpc) is 3.16. The van der Waals surface area contributed by atoms with Crippen LogP contribution >= 0.6 is 0 Å². The van der Waals surface area contributed by atoms with Crippen LogP contribution in [0.1, 0.15) is 50.5 Å². The minimum Gasteiger partial charge on any atom is -0.473 e. The number of carbonyl (C=O) groups excluding carboxylic acids is 1. The Kier molecular flexibility index (Phi) is 6.58. The van der Waals surface area contributed by atoms with E-state index in [1.807, 2.05) is 0 Å². The van der Waals surface area contributed by atoms with Crippen LogP contribution in [0.3, 0.4) is 0 Å². The molecule has 2 atom stereocenters. The molecule has 1 aliphatic carbocycles. The van der Waals surface area contributed by atoms with Gasteiger partial charge in [-0.3, -0.25) is 10.1 Å². The lowest BCUT2D eigenvalue weighted by molar-refractivity contribution is -0.137. The van der Waals surface area contributed by atoms with Crippen LogP contribution in [0, 0.1) is 23.7 Å². The van der Waals surface area contributed by atoms with E-state index in [4.69, 9.17) is 11.2 Å². The Morgan fingerprint density at radius 1 is 1.20 bits per heavy atom. The first-order valence-electron chi connectivity index (χ1n) is 10.1. The third-order valence-electron chi connectivity index (χ3n) is 5.73. The predicted octanol–water partition coefficient (Wildman–Crippen LogP) is 3.85. The molecule has 1 aromatic rings. The number of halogens is 3. The Balaban J connectivity index is 1.70. The number of carbonyl (C=O) groups is 1. The molecule has 0 aromatic heterocycles. The van der Waals surface area contributed by atoms with Gasteiger partial charge in [0, 0.05) is 12.8 Å². The van der Waals surface area contributed by atoms with Crippen molar-refractivity contribution in [2.75, 3.05) is 6.54 Å². The summed E-state index contributed by atoms with van der Waals surface area (Å²) in [4.78, 5) is 14.3. The van der Waals surface area contributed by atoms with Gasteiger partial charge in [0.05, 0.1) is 24.2 Å². The van der Waals surface area contributed by atoms with Gasteiger partial charge in [-0.25, -0.2) is 0 Å². The van der Waals surface area contributed by atoms with Crippen molar-refractivity contribution in [3.05, 3.63) is 29.8 Å². The van der Waals surface area contributed by atoms with Crippen molar-refractivity contribution in [2.45, 2.75) is 68.9 Å². The minimum absolute atomic E-state index is 0.0585. The molecule has 2 aliphatic rings. The zero-order valence-corrected chi connectivity index (χ0v) is 16.5. The van der Waals surface area contributed by atoms with Crippen LogP contribution in [0.2, 0.25) is 0 Å². The maximum Gasteiger partial charge on any atom is 0.416 e. The number of nitrogens with one attached hydrogen (secondary N) is 1. The molecule has 1 N–H and O–H groups in total. The molecule has 8 heteroatoms. The monoisotopic (exact) mass is 419 g/mol. The molecule has 160 valence electrons. The summed E-state index contributed by atoms with van der Waals surface area (Å²) in [7, 11) is 0. The molecular weight excluding hydrogens is 395 g/mol. The third kappa shape index (κ3) is 4.88. The highest BCUT2D eigenvalue weighted by Gasteiger charge is 2.39. The molecule has 1 aromatic carbocycles. The lowest BCUT2D eigenvalue weighted by Gasteiger charge is -2.39. The average molecular weight is 419 g/mol. The van der Waals surface area contributed by atoms with Crippen molar-refractivity contribution in [1.82, 2.24) is 10.2 Å². The van der Waals surface area contributed by atoms with Crippen LogP contribution in [0.25, 0.3) is 0 Å². The van der Waals surface area contributed by atoms with E-state index < -0.39 is 29.5 Å². The van der Waals surface area contributed by atoms with Gasteiger partial charge in [0.1, 0.15) is 11.8 Å². The molecule has 3 rings (SSSR count). The van der Waals surface area contributed by atoms with Crippen molar-refractivity contribution in [1.29, 1.82) is 5.26 Å². The lowest BCUT2D eigenvalue weighted by Crippen LogP contribution is -2.55. The molecule has 30 heavy (non-hydrogen) atoms. The predicted molar refractivity (Wildman–Crippen MR) is 104 cm³/mol. The van der Waals surface area contributed by atoms with Crippen LogP contribution in [0.5, 0.6) is 5.75 Å². The Bertz CT molecular complexity index is 811. The maximum atomic E-state index is 12.8. The van der Waals surface area contributed by atoms with E-state index in [9.17, 15) is 23.2 Å². The number of ether oxygens (including phenoxy) is 1. The van der Waals surface area contributed by atoms with Crippen LogP contribution < -0.4 is 10.1 Å². The minimum atomic E-state index is -4.41. The first-order valence-corrected chi connectivity index (χ1v) is 10.1. The van der Waals surface area contributed by atoms with Gasteiger partial charge in [-0.2, -0.15) is 18.4 Å². The summed E-state index contributed by atoms with van der Waals surface area (Å²) in [6.07, 6.45) is 6.26. The number of hydrogen-bond donors (Lipinski definition) is 1. The molecule has 1 saturated heterocycles. The van der Waals surface area contributed by atoms with E-state index in [2.05, 4.69) is 17.3 Å². The quantitative estimate of drug-likeness (QED) is 0.582. The molecule has 0 radical (unpaired) electrons. The highest BCUT2D eigenvalue weighted by molar-refractivity contribution is 5.80. The molecule has 5 nitrogen and oxygen atoms in total.